The van der Waals surface area contributed by atoms with Crippen LogP contribution in [0.3, 0.4) is 0 Å². The van der Waals surface area contributed by atoms with Gasteiger partial charge in [0.25, 0.3) is 0 Å². The predicted octanol–water partition coefficient (Wildman–Crippen LogP) is 3.64. The first kappa shape index (κ1) is 19.4. The highest BCUT2D eigenvalue weighted by molar-refractivity contribution is 7.09. The van der Waals surface area contributed by atoms with Gasteiger partial charge in [-0.3, -0.25) is 4.79 Å². The van der Waals surface area contributed by atoms with E-state index in [1.54, 1.807) is 30.3 Å². The first-order chi connectivity index (χ1) is 11.9. The van der Waals surface area contributed by atoms with E-state index < -0.39 is 0 Å². The fraction of sp³-hybridized carbons (Fsp3) is 0.474. The van der Waals surface area contributed by atoms with Gasteiger partial charge in [-0.2, -0.15) is 0 Å². The number of rotatable bonds is 8. The summed E-state index contributed by atoms with van der Waals surface area (Å²) in [4.78, 5) is 18.0. The van der Waals surface area contributed by atoms with Crippen LogP contribution < -0.4 is 4.74 Å². The molecular formula is C19H26N2O3S. The van der Waals surface area contributed by atoms with Gasteiger partial charge >= 0.3 is 0 Å². The molecule has 0 spiro atoms. The van der Waals surface area contributed by atoms with E-state index in [0.29, 0.717) is 26.3 Å². The Hall–Kier alpha value is -1.92. The summed E-state index contributed by atoms with van der Waals surface area (Å²) in [5.74, 6) is 0.924. The summed E-state index contributed by atoms with van der Waals surface area (Å²) in [6, 6.07) is 4.21. The summed E-state index contributed by atoms with van der Waals surface area (Å²) < 4.78 is 11.0. The molecular weight excluding hydrogens is 336 g/mol. The van der Waals surface area contributed by atoms with Crippen LogP contribution in [0.5, 0.6) is 5.75 Å². The van der Waals surface area contributed by atoms with E-state index in [2.05, 4.69) is 37.9 Å². The van der Waals surface area contributed by atoms with Crippen molar-refractivity contribution < 1.29 is 14.3 Å². The number of hydrogen-bond acceptors (Lipinski definition) is 5. The summed E-state index contributed by atoms with van der Waals surface area (Å²) in [5, 5.41) is 2.89. The molecule has 1 aromatic heterocycles. The molecule has 0 fully saturated rings. The average Bonchev–Trinajstić information content (AvgIpc) is 3.00. The second-order valence-corrected chi connectivity index (χ2v) is 7.10. The molecule has 25 heavy (non-hydrogen) atoms. The molecule has 2 rings (SSSR count). The Morgan fingerprint density at radius 2 is 2.04 bits per heavy atom. The molecule has 1 aromatic carbocycles. The molecule has 6 heteroatoms. The minimum absolute atomic E-state index is 0.0220. The zero-order valence-corrected chi connectivity index (χ0v) is 16.4. The van der Waals surface area contributed by atoms with Crippen LogP contribution >= 0.6 is 11.3 Å². The van der Waals surface area contributed by atoms with Gasteiger partial charge < -0.3 is 14.4 Å². The summed E-state index contributed by atoms with van der Waals surface area (Å²) in [7, 11) is 1.63. The number of ether oxygens (including phenoxy) is 2. The monoisotopic (exact) mass is 362 g/mol. The number of benzene rings is 1. The minimum atomic E-state index is 0.0220. The smallest absolute Gasteiger partial charge is 0.219 e. The topological polar surface area (TPSA) is 51.7 Å². The molecule has 0 bridgehead atoms. The maximum atomic E-state index is 11.7. The van der Waals surface area contributed by atoms with Crippen LogP contribution in [0.2, 0.25) is 0 Å². The summed E-state index contributed by atoms with van der Waals surface area (Å²) in [6.07, 6.45) is 0. The number of amides is 1. The van der Waals surface area contributed by atoms with E-state index in [0.717, 1.165) is 22.0 Å². The zero-order valence-electron chi connectivity index (χ0n) is 15.6. The molecule has 0 atom stereocenters. The van der Waals surface area contributed by atoms with Gasteiger partial charge in [0, 0.05) is 26.0 Å². The van der Waals surface area contributed by atoms with Gasteiger partial charge in [-0.15, -0.1) is 11.3 Å². The highest BCUT2D eigenvalue weighted by Crippen LogP contribution is 2.24. The van der Waals surface area contributed by atoms with Crippen LogP contribution in [0.25, 0.3) is 0 Å². The number of hydrogen-bond donors (Lipinski definition) is 0. The Kier molecular flexibility index (Phi) is 6.96. The fourth-order valence-electron chi connectivity index (χ4n) is 2.52. The Morgan fingerprint density at radius 3 is 2.72 bits per heavy atom. The van der Waals surface area contributed by atoms with Crippen molar-refractivity contribution in [3.63, 3.8) is 0 Å². The van der Waals surface area contributed by atoms with Gasteiger partial charge in [-0.05, 0) is 43.5 Å². The van der Waals surface area contributed by atoms with Crippen LogP contribution in [0.1, 0.15) is 34.3 Å². The largest absolute Gasteiger partial charge is 0.486 e. The Balaban J connectivity index is 1.98. The molecule has 0 unspecified atom stereocenters. The third kappa shape index (κ3) is 5.54. The van der Waals surface area contributed by atoms with Crippen LogP contribution in [0, 0.1) is 20.8 Å². The lowest BCUT2D eigenvalue weighted by Crippen LogP contribution is -2.31. The van der Waals surface area contributed by atoms with E-state index in [1.165, 1.54) is 11.1 Å². The van der Waals surface area contributed by atoms with Crippen molar-refractivity contribution in [1.29, 1.82) is 0 Å². The second kappa shape index (κ2) is 8.97. The highest BCUT2D eigenvalue weighted by atomic mass is 32.1. The predicted molar refractivity (Wildman–Crippen MR) is 100 cm³/mol. The van der Waals surface area contributed by atoms with E-state index in [1.807, 2.05) is 5.38 Å². The summed E-state index contributed by atoms with van der Waals surface area (Å²) in [5.41, 5.74) is 4.45. The lowest BCUT2D eigenvalue weighted by atomic mass is 10.1. The third-order valence-corrected chi connectivity index (χ3v) is 4.95. The van der Waals surface area contributed by atoms with Gasteiger partial charge in [0.2, 0.25) is 5.91 Å². The average molecular weight is 362 g/mol. The first-order valence-electron chi connectivity index (χ1n) is 8.29. The molecule has 0 N–H and O–H groups in total. The fourth-order valence-corrected chi connectivity index (χ4v) is 3.22. The van der Waals surface area contributed by atoms with Crippen LogP contribution in [-0.4, -0.2) is 36.1 Å². The normalized spacial score (nSPS) is 10.8. The number of carbonyl (C=O) groups excluding carboxylic acids is 1. The maximum Gasteiger partial charge on any atom is 0.219 e. The van der Waals surface area contributed by atoms with Crippen LogP contribution in [-0.2, 0) is 22.7 Å². The van der Waals surface area contributed by atoms with Gasteiger partial charge in [-0.25, -0.2) is 4.98 Å². The molecule has 0 radical (unpaired) electrons. The maximum absolute atomic E-state index is 11.7. The molecule has 0 aliphatic rings. The van der Waals surface area contributed by atoms with Crippen molar-refractivity contribution in [3.05, 3.63) is 44.9 Å². The van der Waals surface area contributed by atoms with Gasteiger partial charge in [0.05, 0.1) is 18.8 Å². The molecule has 5 nitrogen and oxygen atoms in total. The second-order valence-electron chi connectivity index (χ2n) is 6.16. The van der Waals surface area contributed by atoms with Crippen LogP contribution in [0.4, 0.5) is 0 Å². The van der Waals surface area contributed by atoms with Crippen molar-refractivity contribution in [3.8, 4) is 5.75 Å². The SMILES string of the molecule is COCCN(Cc1csc(COc2cc(C)cc(C)c2C)n1)C(C)=O. The number of nitrogens with zero attached hydrogens (tertiary/aromatic N) is 2. The van der Waals surface area contributed by atoms with Crippen molar-refractivity contribution in [2.24, 2.45) is 0 Å². The van der Waals surface area contributed by atoms with E-state index >= 15 is 0 Å². The standard InChI is InChI=1S/C19H26N2O3S/c1-13-8-14(2)15(3)18(9-13)24-11-19-20-17(12-25-19)10-21(16(4)22)6-7-23-5/h8-9,12H,6-7,10-11H2,1-5H3. The molecule has 0 saturated carbocycles. The lowest BCUT2D eigenvalue weighted by molar-refractivity contribution is -0.130. The molecule has 1 amide bonds. The molecule has 1 heterocycles. The number of thiazole rings is 1. The molecule has 0 aliphatic carbocycles. The van der Waals surface area contributed by atoms with E-state index in [4.69, 9.17) is 9.47 Å². The number of methoxy groups -OCH3 is 1. The van der Waals surface area contributed by atoms with E-state index in [-0.39, 0.29) is 5.91 Å². The molecule has 0 saturated heterocycles. The van der Waals surface area contributed by atoms with Gasteiger partial charge in [-0.1, -0.05) is 6.07 Å². The highest BCUT2D eigenvalue weighted by Gasteiger charge is 2.12. The van der Waals surface area contributed by atoms with Crippen molar-refractivity contribution in [2.45, 2.75) is 40.8 Å². The lowest BCUT2D eigenvalue weighted by Gasteiger charge is -2.19. The van der Waals surface area contributed by atoms with Crippen LogP contribution in [0.15, 0.2) is 17.5 Å². The van der Waals surface area contributed by atoms with Gasteiger partial charge in [0.1, 0.15) is 17.4 Å². The Labute approximate surface area is 153 Å². The number of aromatic nitrogens is 1. The number of aryl methyl sites for hydroxylation is 2. The van der Waals surface area contributed by atoms with Gasteiger partial charge in [0.15, 0.2) is 0 Å². The summed E-state index contributed by atoms with van der Waals surface area (Å²) >= 11 is 1.56. The molecule has 136 valence electrons. The minimum Gasteiger partial charge on any atom is -0.486 e. The Bertz CT molecular complexity index is 727. The Morgan fingerprint density at radius 1 is 1.28 bits per heavy atom. The number of carbonyl (C=O) groups is 1. The molecule has 2 aromatic rings. The van der Waals surface area contributed by atoms with Crippen molar-refractivity contribution >= 4 is 17.2 Å². The zero-order chi connectivity index (χ0) is 18.4. The molecule has 0 aliphatic heterocycles. The van der Waals surface area contributed by atoms with E-state index in [9.17, 15) is 4.79 Å². The quantitative estimate of drug-likeness (QED) is 0.719. The third-order valence-electron chi connectivity index (χ3n) is 4.08. The van der Waals surface area contributed by atoms with Crippen molar-refractivity contribution in [2.75, 3.05) is 20.3 Å². The van der Waals surface area contributed by atoms with Crippen molar-refractivity contribution in [1.82, 2.24) is 9.88 Å². The summed E-state index contributed by atoms with van der Waals surface area (Å²) in [6.45, 7) is 9.81. The first-order valence-corrected chi connectivity index (χ1v) is 9.17.